The molecule has 3 amide bonds. The van der Waals surface area contributed by atoms with Crippen LogP contribution < -0.4 is 15.4 Å². The molecule has 0 radical (unpaired) electrons. The quantitative estimate of drug-likeness (QED) is 0.0720. The molecule has 4 atom stereocenters. The molecule has 0 spiro atoms. The fourth-order valence-corrected chi connectivity index (χ4v) is 8.79. The number of likely N-dealkylation sites (N-methyl/N-ethyl adjacent to an activating group) is 1. The zero-order chi connectivity index (χ0) is 48.3. The van der Waals surface area contributed by atoms with Gasteiger partial charge in [0.25, 0.3) is 0 Å². The second kappa shape index (κ2) is 23.3. The van der Waals surface area contributed by atoms with Crippen molar-refractivity contribution in [2.24, 2.45) is 13.0 Å². The molecule has 3 N–H and O–H groups in total. The highest BCUT2D eigenvalue weighted by atomic mass is 35.5. The van der Waals surface area contributed by atoms with E-state index in [1.165, 1.54) is 7.11 Å². The average Bonchev–Trinajstić information content (AvgIpc) is 3.66. The summed E-state index contributed by atoms with van der Waals surface area (Å²) >= 11 is 12.7. The van der Waals surface area contributed by atoms with Gasteiger partial charge in [0.15, 0.2) is 0 Å². The van der Waals surface area contributed by atoms with Crippen molar-refractivity contribution in [2.75, 3.05) is 47.9 Å². The number of nitrogens with one attached hydrogen (secondary N) is 2. The van der Waals surface area contributed by atoms with Gasteiger partial charge in [0.1, 0.15) is 23.4 Å². The summed E-state index contributed by atoms with van der Waals surface area (Å²) < 4.78 is 13.8. The highest BCUT2D eigenvalue weighted by molar-refractivity contribution is 6.31. The Hall–Kier alpha value is -5.84. The van der Waals surface area contributed by atoms with Crippen molar-refractivity contribution < 1.29 is 33.8 Å². The van der Waals surface area contributed by atoms with E-state index >= 15 is 0 Å². The Labute approximate surface area is 402 Å². The van der Waals surface area contributed by atoms with Gasteiger partial charge in [-0.15, -0.1) is 0 Å². The van der Waals surface area contributed by atoms with Crippen LogP contribution in [0, 0.1) is 5.92 Å². The SMILES string of the molecule is COCC(NC(=O)C(C)NCc1ccc(Cl)cc1Oc1ccc(-c2cnc(CN(C)C)n2C)nc1)C(=O)N(C)C1(Cc2ccc(Cl)cc2)CCCN(C(=O)C(CC(=O)O)Cc2ccccc2)C1. The van der Waals surface area contributed by atoms with Gasteiger partial charge in [0.2, 0.25) is 17.7 Å². The van der Waals surface area contributed by atoms with Crippen LogP contribution in [0.2, 0.25) is 10.0 Å². The van der Waals surface area contributed by atoms with Crippen molar-refractivity contribution in [2.45, 2.75) is 69.7 Å². The standard InChI is InChI=1S/C50H60Cl2N8O7/c1-33(53-27-36-15-18-39(52)25-44(36)67-40-19-20-41(54-28-40)43-29-55-45(58(43)4)30-57(2)3)47(63)56-42(31-66-6)49(65)59(5)50(26-35-13-16-38(51)17-14-35)21-10-22-60(32-50)48(64)37(24-46(61)62)23-34-11-8-7-9-12-34/h7-9,11-20,25,28-29,33,37,42,53H,10,21-24,26-27,30-32H2,1-6H3,(H,56,63)(H,61,62). The minimum Gasteiger partial charge on any atom is -0.481 e. The fraction of sp³-hybridized carbons (Fsp3) is 0.400. The molecule has 0 saturated carbocycles. The lowest BCUT2D eigenvalue weighted by Gasteiger charge is -2.49. The topological polar surface area (TPSA) is 171 Å². The number of amides is 3. The molecule has 5 aromatic rings. The predicted molar refractivity (Wildman–Crippen MR) is 258 cm³/mol. The summed E-state index contributed by atoms with van der Waals surface area (Å²) in [4.78, 5) is 69.5. The number of carbonyl (C=O) groups is 4. The molecule has 356 valence electrons. The van der Waals surface area contributed by atoms with E-state index in [0.717, 1.165) is 33.9 Å². The molecule has 4 unspecified atom stereocenters. The third kappa shape index (κ3) is 13.4. The largest absolute Gasteiger partial charge is 0.481 e. The highest BCUT2D eigenvalue weighted by Crippen LogP contribution is 2.34. The van der Waals surface area contributed by atoms with Gasteiger partial charge in [-0.3, -0.25) is 24.2 Å². The first-order valence-corrected chi connectivity index (χ1v) is 23.0. The third-order valence-corrected chi connectivity index (χ3v) is 12.7. The van der Waals surface area contributed by atoms with Crippen LogP contribution in [0.4, 0.5) is 0 Å². The van der Waals surface area contributed by atoms with Gasteiger partial charge < -0.3 is 44.5 Å². The Morgan fingerprint density at radius 2 is 1.66 bits per heavy atom. The number of imidazole rings is 1. The summed E-state index contributed by atoms with van der Waals surface area (Å²) in [5.41, 5.74) is 3.17. The molecule has 3 heterocycles. The zero-order valence-corrected chi connectivity index (χ0v) is 40.4. The Morgan fingerprint density at radius 3 is 2.33 bits per heavy atom. The molecule has 1 saturated heterocycles. The van der Waals surface area contributed by atoms with Gasteiger partial charge in [-0.1, -0.05) is 71.7 Å². The predicted octanol–water partition coefficient (Wildman–Crippen LogP) is 6.65. The van der Waals surface area contributed by atoms with E-state index in [0.29, 0.717) is 53.9 Å². The van der Waals surface area contributed by atoms with Gasteiger partial charge in [0.05, 0.1) is 60.9 Å². The van der Waals surface area contributed by atoms with Crippen molar-refractivity contribution in [3.05, 3.63) is 130 Å². The van der Waals surface area contributed by atoms with Crippen LogP contribution in [-0.4, -0.2) is 124 Å². The van der Waals surface area contributed by atoms with Crippen LogP contribution >= 0.6 is 23.2 Å². The maximum absolute atomic E-state index is 14.7. The van der Waals surface area contributed by atoms with E-state index in [2.05, 4.69) is 25.5 Å². The molecule has 0 aliphatic carbocycles. The molecule has 6 rings (SSSR count). The molecule has 1 aliphatic rings. The van der Waals surface area contributed by atoms with Crippen LogP contribution in [-0.2, 0) is 56.9 Å². The normalized spacial score (nSPS) is 16.3. The summed E-state index contributed by atoms with van der Waals surface area (Å²) in [6.45, 7) is 3.06. The number of halogens is 2. The first-order valence-electron chi connectivity index (χ1n) is 22.2. The first-order chi connectivity index (χ1) is 32.0. The summed E-state index contributed by atoms with van der Waals surface area (Å²) in [5.74, 6) is -1.11. The van der Waals surface area contributed by atoms with E-state index in [4.69, 9.17) is 32.7 Å². The molecule has 15 nitrogen and oxygen atoms in total. The van der Waals surface area contributed by atoms with Crippen molar-refractivity contribution in [3.8, 4) is 22.9 Å². The van der Waals surface area contributed by atoms with E-state index in [1.807, 2.05) is 86.4 Å². The first kappa shape index (κ1) is 50.6. The number of aromatic nitrogens is 3. The fourth-order valence-electron chi connectivity index (χ4n) is 8.50. The summed E-state index contributed by atoms with van der Waals surface area (Å²) in [6, 6.07) is 23.8. The maximum Gasteiger partial charge on any atom is 0.304 e. The number of piperidine rings is 1. The Bertz CT molecular complexity index is 2470. The number of ether oxygens (including phenoxy) is 2. The van der Waals surface area contributed by atoms with Crippen molar-refractivity contribution in [3.63, 3.8) is 0 Å². The van der Waals surface area contributed by atoms with E-state index < -0.39 is 41.3 Å². The number of aliphatic carboxylic acids is 1. The number of likely N-dealkylation sites (tertiary alicyclic amines) is 1. The van der Waals surface area contributed by atoms with Crippen LogP contribution in [0.25, 0.3) is 11.4 Å². The van der Waals surface area contributed by atoms with E-state index in [1.54, 1.807) is 60.4 Å². The van der Waals surface area contributed by atoms with Crippen LogP contribution in [0.1, 0.15) is 48.7 Å². The Morgan fingerprint density at radius 1 is 0.925 bits per heavy atom. The van der Waals surface area contributed by atoms with E-state index in [-0.39, 0.29) is 38.4 Å². The second-order valence-electron chi connectivity index (χ2n) is 17.5. The Kier molecular flexibility index (Phi) is 17.5. The number of carboxylic acid groups (broad SMARTS) is 1. The lowest BCUT2D eigenvalue weighted by molar-refractivity contribution is -0.151. The second-order valence-corrected chi connectivity index (χ2v) is 18.4. The summed E-state index contributed by atoms with van der Waals surface area (Å²) in [6.07, 6.45) is 4.85. The number of hydrogen-bond acceptors (Lipinski definition) is 10. The minimum atomic E-state index is -1.08. The van der Waals surface area contributed by atoms with Gasteiger partial charge in [-0.05, 0) is 94.2 Å². The molecule has 1 fully saturated rings. The van der Waals surface area contributed by atoms with Crippen LogP contribution in [0.15, 0.2) is 97.3 Å². The average molecular weight is 956 g/mol. The van der Waals surface area contributed by atoms with Crippen LogP contribution in [0.5, 0.6) is 11.5 Å². The monoisotopic (exact) mass is 954 g/mol. The van der Waals surface area contributed by atoms with Crippen molar-refractivity contribution in [1.29, 1.82) is 0 Å². The highest BCUT2D eigenvalue weighted by Gasteiger charge is 2.45. The molecular weight excluding hydrogens is 896 g/mol. The number of carbonyl (C=O) groups excluding carboxylic acids is 3. The molecule has 2 aromatic heterocycles. The smallest absolute Gasteiger partial charge is 0.304 e. The van der Waals surface area contributed by atoms with Gasteiger partial charge in [0, 0.05) is 56.4 Å². The number of carboxylic acids is 1. The number of pyridine rings is 1. The van der Waals surface area contributed by atoms with Gasteiger partial charge in [-0.2, -0.15) is 0 Å². The molecule has 3 aromatic carbocycles. The molecule has 0 bridgehead atoms. The zero-order valence-electron chi connectivity index (χ0n) is 38.9. The van der Waals surface area contributed by atoms with Gasteiger partial charge >= 0.3 is 5.97 Å². The number of benzene rings is 3. The lowest BCUT2D eigenvalue weighted by atomic mass is 9.80. The molecule has 1 aliphatic heterocycles. The summed E-state index contributed by atoms with van der Waals surface area (Å²) in [7, 11) is 9.09. The number of nitrogens with zero attached hydrogens (tertiary/aromatic N) is 6. The molecule has 67 heavy (non-hydrogen) atoms. The Balaban J connectivity index is 1.15. The minimum absolute atomic E-state index is 0.112. The van der Waals surface area contributed by atoms with Crippen molar-refractivity contribution >= 4 is 46.9 Å². The lowest BCUT2D eigenvalue weighted by Crippen LogP contribution is -2.65. The number of rotatable bonds is 21. The number of methoxy groups -OCH3 is 1. The molecular formula is C50H60Cl2N8O7. The third-order valence-electron chi connectivity index (χ3n) is 12.2. The van der Waals surface area contributed by atoms with E-state index in [9.17, 15) is 24.3 Å². The summed E-state index contributed by atoms with van der Waals surface area (Å²) in [5, 5.41) is 17.0. The number of hydrogen-bond donors (Lipinski definition) is 3. The van der Waals surface area contributed by atoms with Gasteiger partial charge in [-0.25, -0.2) is 4.98 Å². The molecule has 17 heteroatoms. The maximum atomic E-state index is 14.7. The van der Waals surface area contributed by atoms with Crippen LogP contribution in [0.3, 0.4) is 0 Å². The van der Waals surface area contributed by atoms with Crippen molar-refractivity contribution in [1.82, 2.24) is 39.9 Å².